The summed E-state index contributed by atoms with van der Waals surface area (Å²) < 4.78 is 29.9. The zero-order valence-corrected chi connectivity index (χ0v) is 11.7. The lowest BCUT2D eigenvalue weighted by Gasteiger charge is -2.18. The van der Waals surface area contributed by atoms with Crippen molar-refractivity contribution in [3.63, 3.8) is 0 Å². The quantitative estimate of drug-likeness (QED) is 0.857. The van der Waals surface area contributed by atoms with Crippen molar-refractivity contribution in [2.75, 3.05) is 19.6 Å². The molecule has 0 aromatic carbocycles. The Morgan fingerprint density at radius 1 is 1.44 bits per heavy atom. The van der Waals surface area contributed by atoms with Crippen molar-refractivity contribution in [1.82, 2.24) is 18.8 Å². The van der Waals surface area contributed by atoms with Gasteiger partial charge < -0.3 is 0 Å². The highest BCUT2D eigenvalue weighted by molar-refractivity contribution is 7.87. The first-order valence-corrected chi connectivity index (χ1v) is 7.68. The van der Waals surface area contributed by atoms with Crippen LogP contribution in [-0.2, 0) is 10.2 Å². The Morgan fingerprint density at radius 3 is 2.67 bits per heavy atom. The molecule has 1 N–H and O–H groups in total. The number of nitrogens with one attached hydrogen (secondary N) is 1. The molecule has 0 aliphatic carbocycles. The van der Waals surface area contributed by atoms with E-state index in [0.717, 1.165) is 18.4 Å². The van der Waals surface area contributed by atoms with Gasteiger partial charge in [0.1, 0.15) is 0 Å². The molecule has 102 valence electrons. The van der Waals surface area contributed by atoms with Gasteiger partial charge in [0.2, 0.25) is 0 Å². The van der Waals surface area contributed by atoms with Crippen molar-refractivity contribution in [3.05, 3.63) is 18.0 Å². The van der Waals surface area contributed by atoms with Crippen molar-refractivity contribution in [2.24, 2.45) is 0 Å². The average molecular weight is 272 g/mol. The van der Waals surface area contributed by atoms with Crippen molar-refractivity contribution in [1.29, 1.82) is 0 Å². The molecule has 0 bridgehead atoms. The molecule has 1 saturated heterocycles. The number of aryl methyl sites for hydroxylation is 1. The minimum Gasteiger partial charge on any atom is -0.268 e. The summed E-state index contributed by atoms with van der Waals surface area (Å²) >= 11 is 0. The summed E-state index contributed by atoms with van der Waals surface area (Å²) in [6, 6.07) is 0.0103. The summed E-state index contributed by atoms with van der Waals surface area (Å²) in [6.45, 7) is 5.53. The van der Waals surface area contributed by atoms with E-state index in [4.69, 9.17) is 0 Å². The third kappa shape index (κ3) is 3.09. The van der Waals surface area contributed by atoms with Gasteiger partial charge in [0.15, 0.2) is 0 Å². The second kappa shape index (κ2) is 5.38. The third-order valence-electron chi connectivity index (χ3n) is 3.15. The van der Waals surface area contributed by atoms with Gasteiger partial charge in [0.25, 0.3) is 10.2 Å². The van der Waals surface area contributed by atoms with Gasteiger partial charge in [-0.15, -0.1) is 0 Å². The molecule has 1 aliphatic heterocycles. The summed E-state index contributed by atoms with van der Waals surface area (Å²) in [5.41, 5.74) is 1.07. The van der Waals surface area contributed by atoms with E-state index >= 15 is 0 Å². The molecule has 0 radical (unpaired) electrons. The van der Waals surface area contributed by atoms with Crippen molar-refractivity contribution in [3.8, 4) is 0 Å². The fourth-order valence-electron chi connectivity index (χ4n) is 2.01. The molecule has 18 heavy (non-hydrogen) atoms. The van der Waals surface area contributed by atoms with Gasteiger partial charge in [-0.2, -0.15) is 22.5 Å². The molecule has 6 nitrogen and oxygen atoms in total. The Morgan fingerprint density at radius 2 is 2.11 bits per heavy atom. The fraction of sp³-hybridized carbons (Fsp3) is 0.727. The van der Waals surface area contributed by atoms with Gasteiger partial charge in [-0.05, 0) is 32.3 Å². The maximum Gasteiger partial charge on any atom is 0.279 e. The van der Waals surface area contributed by atoms with E-state index < -0.39 is 10.2 Å². The molecule has 7 heteroatoms. The van der Waals surface area contributed by atoms with Crippen LogP contribution in [0.1, 0.15) is 31.4 Å². The van der Waals surface area contributed by atoms with E-state index in [-0.39, 0.29) is 6.04 Å². The van der Waals surface area contributed by atoms with Crippen molar-refractivity contribution < 1.29 is 8.42 Å². The standard InChI is InChI=1S/C11H20N4O2S/c1-10-7-12-15(9-10)11(2)8-13-18(16,17)14-5-3-4-6-14/h7,9,11,13H,3-6,8H2,1-2H3. The summed E-state index contributed by atoms with van der Waals surface area (Å²) in [4.78, 5) is 0. The summed E-state index contributed by atoms with van der Waals surface area (Å²) in [5.74, 6) is 0. The number of rotatable bonds is 5. The second-order valence-corrected chi connectivity index (χ2v) is 6.56. The monoisotopic (exact) mass is 272 g/mol. The first-order chi connectivity index (χ1) is 8.49. The first-order valence-electron chi connectivity index (χ1n) is 6.24. The first kappa shape index (κ1) is 13.5. The van der Waals surface area contributed by atoms with Gasteiger partial charge >= 0.3 is 0 Å². The third-order valence-corrected chi connectivity index (χ3v) is 4.72. The number of nitrogens with zero attached hydrogens (tertiary/aromatic N) is 3. The van der Waals surface area contributed by atoms with Gasteiger partial charge in [-0.25, -0.2) is 0 Å². The van der Waals surface area contributed by atoms with Gasteiger partial charge in [-0.3, -0.25) is 4.68 Å². The zero-order chi connectivity index (χ0) is 13.2. The maximum atomic E-state index is 12.0. The average Bonchev–Trinajstić information content (AvgIpc) is 2.96. The zero-order valence-electron chi connectivity index (χ0n) is 10.8. The SMILES string of the molecule is Cc1cnn(C(C)CNS(=O)(=O)N2CCCC2)c1. The van der Waals surface area contributed by atoms with E-state index in [0.29, 0.717) is 19.6 Å². The molecule has 0 spiro atoms. The molecule has 1 aromatic heterocycles. The van der Waals surface area contributed by atoms with E-state index in [1.54, 1.807) is 10.9 Å². The van der Waals surface area contributed by atoms with Crippen LogP contribution in [0.5, 0.6) is 0 Å². The van der Waals surface area contributed by atoms with Gasteiger partial charge in [0, 0.05) is 25.8 Å². The summed E-state index contributed by atoms with van der Waals surface area (Å²) in [5, 5.41) is 4.18. The van der Waals surface area contributed by atoms with Gasteiger partial charge in [0.05, 0.1) is 12.2 Å². The van der Waals surface area contributed by atoms with E-state index in [2.05, 4.69) is 9.82 Å². The molecule has 0 saturated carbocycles. The van der Waals surface area contributed by atoms with E-state index in [1.807, 2.05) is 20.0 Å². The second-order valence-electron chi connectivity index (χ2n) is 4.81. The lowest BCUT2D eigenvalue weighted by molar-refractivity contribution is 0.441. The molecule has 1 aromatic rings. The minimum atomic E-state index is -3.31. The predicted molar refractivity (Wildman–Crippen MR) is 69.4 cm³/mol. The van der Waals surface area contributed by atoms with Crippen LogP contribution < -0.4 is 4.72 Å². The minimum absolute atomic E-state index is 0.0103. The highest BCUT2D eigenvalue weighted by Crippen LogP contribution is 2.12. The maximum absolute atomic E-state index is 12.0. The smallest absolute Gasteiger partial charge is 0.268 e. The molecule has 2 heterocycles. The Balaban J connectivity index is 1.91. The van der Waals surface area contributed by atoms with E-state index in [1.165, 1.54) is 4.31 Å². The van der Waals surface area contributed by atoms with Gasteiger partial charge in [-0.1, -0.05) is 0 Å². The van der Waals surface area contributed by atoms with E-state index in [9.17, 15) is 8.42 Å². The highest BCUT2D eigenvalue weighted by Gasteiger charge is 2.25. The largest absolute Gasteiger partial charge is 0.279 e. The summed E-state index contributed by atoms with van der Waals surface area (Å²) in [7, 11) is -3.31. The number of hydrogen-bond donors (Lipinski definition) is 1. The van der Waals surface area contributed by atoms with Crippen LogP contribution in [0.3, 0.4) is 0 Å². The Kier molecular flexibility index (Phi) is 4.04. The number of hydrogen-bond acceptors (Lipinski definition) is 3. The van der Waals surface area contributed by atoms with Crippen LogP contribution in [0.2, 0.25) is 0 Å². The fourth-order valence-corrected chi connectivity index (χ4v) is 3.39. The molecule has 1 unspecified atom stereocenters. The van der Waals surface area contributed by atoms with Crippen molar-refractivity contribution in [2.45, 2.75) is 32.7 Å². The van der Waals surface area contributed by atoms with Crippen LogP contribution in [0, 0.1) is 6.92 Å². The lowest BCUT2D eigenvalue weighted by atomic mass is 10.3. The number of aromatic nitrogens is 2. The Bertz CT molecular complexity index is 491. The topological polar surface area (TPSA) is 67.2 Å². The predicted octanol–water partition coefficient (Wildman–Crippen LogP) is 0.683. The lowest BCUT2D eigenvalue weighted by Crippen LogP contribution is -2.41. The van der Waals surface area contributed by atoms with Crippen LogP contribution in [0.15, 0.2) is 12.4 Å². The Labute approximate surface area is 108 Å². The molecular weight excluding hydrogens is 252 g/mol. The van der Waals surface area contributed by atoms with Crippen LogP contribution in [0.25, 0.3) is 0 Å². The molecular formula is C11H20N4O2S. The van der Waals surface area contributed by atoms with Crippen LogP contribution >= 0.6 is 0 Å². The Hall–Kier alpha value is -0.920. The molecule has 0 amide bonds. The van der Waals surface area contributed by atoms with Crippen LogP contribution in [-0.4, -0.2) is 42.1 Å². The van der Waals surface area contributed by atoms with Crippen molar-refractivity contribution >= 4 is 10.2 Å². The van der Waals surface area contributed by atoms with Crippen LogP contribution in [0.4, 0.5) is 0 Å². The summed E-state index contributed by atoms with van der Waals surface area (Å²) in [6.07, 6.45) is 5.59. The molecule has 1 fully saturated rings. The molecule has 1 atom stereocenters. The highest BCUT2D eigenvalue weighted by atomic mass is 32.2. The normalized spacial score (nSPS) is 19.2. The molecule has 2 rings (SSSR count). The molecule has 1 aliphatic rings.